The Hall–Kier alpha value is -1.75. The zero-order valence-electron chi connectivity index (χ0n) is 17.2. The predicted octanol–water partition coefficient (Wildman–Crippen LogP) is 0.735. The number of hydrogen-bond donors (Lipinski definition) is 4. The molecular formula is C23H25ClO8. The van der Waals surface area contributed by atoms with Crippen LogP contribution in [0.25, 0.3) is 0 Å². The molecule has 3 aliphatic rings. The van der Waals surface area contributed by atoms with Crippen molar-refractivity contribution in [2.75, 3.05) is 26.4 Å². The first-order valence-corrected chi connectivity index (χ1v) is 10.9. The molecule has 0 aliphatic carbocycles. The van der Waals surface area contributed by atoms with Crippen molar-refractivity contribution in [3.05, 3.63) is 64.2 Å². The maximum Gasteiger partial charge on any atom is 0.225 e. The van der Waals surface area contributed by atoms with Gasteiger partial charge >= 0.3 is 0 Å². The molecule has 3 heterocycles. The summed E-state index contributed by atoms with van der Waals surface area (Å²) < 4.78 is 22.6. The minimum absolute atomic E-state index is 0.0967. The SMILES string of the molecule is OC[C@@]12CO[C@](c3ccc(Cl)c(Cc4ccc(OC5COC5)cc4)c3)(O1)[C@@H](O)[C@@H](O)[C@@H]2O. The molecule has 3 aliphatic heterocycles. The third-order valence-corrected chi connectivity index (χ3v) is 6.77. The number of ether oxygens (including phenoxy) is 4. The summed E-state index contributed by atoms with van der Waals surface area (Å²) in [6, 6.07) is 12.8. The van der Waals surface area contributed by atoms with Crippen LogP contribution < -0.4 is 4.74 Å². The van der Waals surface area contributed by atoms with Crippen LogP contribution in [0.2, 0.25) is 5.02 Å². The lowest BCUT2D eigenvalue weighted by Crippen LogP contribution is -2.65. The molecule has 3 saturated heterocycles. The summed E-state index contributed by atoms with van der Waals surface area (Å²) in [6.07, 6.45) is -3.99. The quantitative estimate of drug-likeness (QED) is 0.494. The molecule has 8 nitrogen and oxygen atoms in total. The highest BCUT2D eigenvalue weighted by molar-refractivity contribution is 6.31. The first-order valence-electron chi connectivity index (χ1n) is 10.5. The second-order valence-corrected chi connectivity index (χ2v) is 8.97. The van der Waals surface area contributed by atoms with Crippen molar-refractivity contribution in [1.82, 2.24) is 0 Å². The van der Waals surface area contributed by atoms with Crippen LogP contribution in [0.4, 0.5) is 0 Å². The second-order valence-electron chi connectivity index (χ2n) is 8.57. The minimum atomic E-state index is -1.72. The van der Waals surface area contributed by atoms with Crippen molar-refractivity contribution in [3.63, 3.8) is 0 Å². The fourth-order valence-corrected chi connectivity index (χ4v) is 4.57. The van der Waals surface area contributed by atoms with E-state index in [0.29, 0.717) is 30.2 Å². The van der Waals surface area contributed by atoms with E-state index in [2.05, 4.69) is 0 Å². The molecule has 0 aromatic heterocycles. The number of halogens is 1. The van der Waals surface area contributed by atoms with Gasteiger partial charge in [0.2, 0.25) is 5.79 Å². The number of rotatable bonds is 6. The van der Waals surface area contributed by atoms with Crippen LogP contribution in [-0.4, -0.2) is 76.9 Å². The fraction of sp³-hybridized carbons (Fsp3) is 0.478. The molecule has 32 heavy (non-hydrogen) atoms. The Morgan fingerprint density at radius 1 is 1.03 bits per heavy atom. The van der Waals surface area contributed by atoms with Crippen molar-refractivity contribution < 1.29 is 39.4 Å². The van der Waals surface area contributed by atoms with Crippen LogP contribution in [0, 0.1) is 0 Å². The average Bonchev–Trinajstić information content (AvgIpc) is 3.16. The summed E-state index contributed by atoms with van der Waals surface area (Å²) in [6.45, 7) is 0.460. The van der Waals surface area contributed by atoms with Gasteiger partial charge in [0.05, 0.1) is 26.4 Å². The third kappa shape index (κ3) is 3.52. The van der Waals surface area contributed by atoms with Gasteiger partial charge in [0.25, 0.3) is 0 Å². The maximum atomic E-state index is 10.7. The minimum Gasteiger partial charge on any atom is -0.486 e. The molecule has 2 bridgehead atoms. The van der Waals surface area contributed by atoms with E-state index in [9.17, 15) is 20.4 Å². The van der Waals surface area contributed by atoms with Gasteiger partial charge in [0, 0.05) is 10.6 Å². The molecule has 2 aromatic rings. The number of hydrogen-bond acceptors (Lipinski definition) is 8. The van der Waals surface area contributed by atoms with E-state index >= 15 is 0 Å². The van der Waals surface area contributed by atoms with E-state index in [1.165, 1.54) is 0 Å². The molecule has 0 saturated carbocycles. The summed E-state index contributed by atoms with van der Waals surface area (Å²) in [5, 5.41) is 41.8. The number of benzene rings is 2. The zero-order chi connectivity index (χ0) is 22.5. The third-order valence-electron chi connectivity index (χ3n) is 6.41. The first-order chi connectivity index (χ1) is 15.4. The second kappa shape index (κ2) is 8.23. The Morgan fingerprint density at radius 2 is 1.78 bits per heavy atom. The number of aliphatic hydroxyl groups excluding tert-OH is 4. The Balaban J connectivity index is 1.40. The van der Waals surface area contributed by atoms with Crippen molar-refractivity contribution in [1.29, 1.82) is 0 Å². The highest BCUT2D eigenvalue weighted by atomic mass is 35.5. The topological polar surface area (TPSA) is 118 Å². The molecule has 0 amide bonds. The Morgan fingerprint density at radius 3 is 2.44 bits per heavy atom. The van der Waals surface area contributed by atoms with Gasteiger partial charge in [-0.2, -0.15) is 0 Å². The molecule has 5 rings (SSSR count). The van der Waals surface area contributed by atoms with Crippen LogP contribution in [0.15, 0.2) is 42.5 Å². The highest BCUT2D eigenvalue weighted by Gasteiger charge is 2.67. The van der Waals surface area contributed by atoms with E-state index in [1.54, 1.807) is 18.2 Å². The van der Waals surface area contributed by atoms with Crippen LogP contribution >= 0.6 is 11.6 Å². The molecule has 5 atom stereocenters. The van der Waals surface area contributed by atoms with E-state index in [4.69, 9.17) is 30.5 Å². The fourth-order valence-electron chi connectivity index (χ4n) is 4.38. The van der Waals surface area contributed by atoms with E-state index < -0.39 is 36.3 Å². The van der Waals surface area contributed by atoms with E-state index in [-0.39, 0.29) is 12.7 Å². The Kier molecular flexibility index (Phi) is 5.68. The van der Waals surface area contributed by atoms with Crippen molar-refractivity contribution in [2.24, 2.45) is 0 Å². The van der Waals surface area contributed by atoms with Gasteiger partial charge in [-0.25, -0.2) is 0 Å². The molecule has 3 fully saturated rings. The van der Waals surface area contributed by atoms with E-state index in [0.717, 1.165) is 16.9 Å². The molecule has 0 spiro atoms. The summed E-state index contributed by atoms with van der Waals surface area (Å²) in [5.74, 6) is -0.949. The molecule has 4 N–H and O–H groups in total. The van der Waals surface area contributed by atoms with Crippen LogP contribution in [-0.2, 0) is 26.4 Å². The lowest BCUT2D eigenvalue weighted by atomic mass is 9.83. The molecule has 2 aromatic carbocycles. The summed E-state index contributed by atoms with van der Waals surface area (Å²) in [5.41, 5.74) is 0.688. The molecular weight excluding hydrogens is 440 g/mol. The van der Waals surface area contributed by atoms with E-state index in [1.807, 2.05) is 24.3 Å². The highest BCUT2D eigenvalue weighted by Crippen LogP contribution is 2.49. The predicted molar refractivity (Wildman–Crippen MR) is 112 cm³/mol. The van der Waals surface area contributed by atoms with Crippen molar-refractivity contribution in [3.8, 4) is 5.75 Å². The Bertz CT molecular complexity index is 980. The number of aliphatic hydroxyl groups is 4. The van der Waals surface area contributed by atoms with Crippen LogP contribution in [0.5, 0.6) is 5.75 Å². The molecule has 172 valence electrons. The average molecular weight is 465 g/mol. The van der Waals surface area contributed by atoms with Gasteiger partial charge in [-0.1, -0.05) is 29.8 Å². The van der Waals surface area contributed by atoms with Gasteiger partial charge in [-0.05, 0) is 41.8 Å². The van der Waals surface area contributed by atoms with Crippen molar-refractivity contribution >= 4 is 11.6 Å². The van der Waals surface area contributed by atoms with Crippen LogP contribution in [0.1, 0.15) is 16.7 Å². The Labute approximate surface area is 189 Å². The maximum absolute atomic E-state index is 10.7. The molecule has 0 unspecified atom stereocenters. The van der Waals surface area contributed by atoms with Crippen molar-refractivity contribution in [2.45, 2.75) is 42.2 Å². The van der Waals surface area contributed by atoms with Crippen LogP contribution in [0.3, 0.4) is 0 Å². The summed E-state index contributed by atoms with van der Waals surface area (Å²) in [7, 11) is 0. The summed E-state index contributed by atoms with van der Waals surface area (Å²) >= 11 is 6.44. The molecule has 0 radical (unpaired) electrons. The lowest BCUT2D eigenvalue weighted by molar-refractivity contribution is -0.329. The standard InChI is InChI=1S/C23H25ClO8/c24-18-6-3-15(23-21(28)19(26)20(27)22(11-25,32-23)12-30-23)8-14(18)7-13-1-4-16(5-2-13)31-17-9-29-10-17/h1-6,8,17,19-21,25-28H,7,9-12H2/t19-,20-,21-,22-,23+/m0/s1. The molecule has 9 heteroatoms. The first kappa shape index (κ1) is 22.1. The number of fused-ring (bicyclic) bond motifs is 2. The van der Waals surface area contributed by atoms with Gasteiger partial charge in [0.1, 0.15) is 35.8 Å². The normalized spacial score (nSPS) is 34.3. The van der Waals surface area contributed by atoms with Gasteiger partial charge in [0.15, 0.2) is 0 Å². The zero-order valence-corrected chi connectivity index (χ0v) is 17.9. The van der Waals surface area contributed by atoms with Gasteiger partial charge in [-0.3, -0.25) is 0 Å². The lowest BCUT2D eigenvalue weighted by Gasteiger charge is -2.46. The van der Waals surface area contributed by atoms with Gasteiger partial charge in [-0.15, -0.1) is 0 Å². The largest absolute Gasteiger partial charge is 0.486 e. The smallest absolute Gasteiger partial charge is 0.225 e. The van der Waals surface area contributed by atoms with Gasteiger partial charge < -0.3 is 39.4 Å². The monoisotopic (exact) mass is 464 g/mol. The summed E-state index contributed by atoms with van der Waals surface area (Å²) in [4.78, 5) is 0.